The number of benzene rings is 2. The van der Waals surface area contributed by atoms with Crippen LogP contribution >= 0.6 is 11.6 Å². The fourth-order valence-electron chi connectivity index (χ4n) is 2.87. The molecule has 0 fully saturated rings. The number of fused-ring (bicyclic) bond motifs is 1. The highest BCUT2D eigenvalue weighted by atomic mass is 35.5. The zero-order valence-corrected chi connectivity index (χ0v) is 16.2. The van der Waals surface area contributed by atoms with Crippen LogP contribution in [0.1, 0.15) is 19.1 Å². The number of aryl methyl sites for hydroxylation is 1. The summed E-state index contributed by atoms with van der Waals surface area (Å²) in [5, 5.41) is 3.11. The lowest BCUT2D eigenvalue weighted by molar-refractivity contribution is -0.123. The van der Waals surface area contributed by atoms with E-state index in [2.05, 4.69) is 5.32 Å². The van der Waals surface area contributed by atoms with Crippen molar-refractivity contribution in [1.82, 2.24) is 5.32 Å². The summed E-state index contributed by atoms with van der Waals surface area (Å²) in [5.41, 5.74) is -0.00313. The largest absolute Gasteiger partial charge is 0.484 e. The normalized spacial score (nSPS) is 10.9. The first kappa shape index (κ1) is 19.9. The molecule has 0 spiro atoms. The third kappa shape index (κ3) is 4.02. The molecule has 0 aliphatic heterocycles. The van der Waals surface area contributed by atoms with Gasteiger partial charge in [-0.15, -0.1) is 0 Å². The summed E-state index contributed by atoms with van der Waals surface area (Å²) in [5.74, 6) is -0.204. The number of hydrogen-bond acceptors (Lipinski definition) is 4. The lowest BCUT2D eigenvalue weighted by Gasteiger charge is -2.11. The second-order valence-corrected chi connectivity index (χ2v) is 6.66. The van der Waals surface area contributed by atoms with E-state index in [1.165, 1.54) is 30.3 Å². The molecule has 3 aromatic rings. The Morgan fingerprint density at radius 1 is 1.25 bits per heavy atom. The molecule has 2 aromatic carbocycles. The molecule has 1 heterocycles. The maximum Gasteiger partial charge on any atom is 0.257 e. The van der Waals surface area contributed by atoms with Crippen LogP contribution in [0.5, 0.6) is 5.75 Å². The standard InChI is InChI=1S/C21H19ClFNO4/c1-3-9-24-18(25)11-27-13-7-8-14-17(10-13)28-12(2)19(21(14)26)20-15(22)5-4-6-16(20)23/h4-8,10H,3,9,11H2,1-2H3,(H,24,25). The van der Waals surface area contributed by atoms with Crippen LogP contribution in [0.15, 0.2) is 45.6 Å². The number of amides is 1. The molecule has 0 atom stereocenters. The van der Waals surface area contributed by atoms with Gasteiger partial charge in [-0.3, -0.25) is 9.59 Å². The Morgan fingerprint density at radius 3 is 2.75 bits per heavy atom. The van der Waals surface area contributed by atoms with E-state index in [0.29, 0.717) is 12.3 Å². The molecule has 28 heavy (non-hydrogen) atoms. The number of nitrogens with one attached hydrogen (secondary N) is 1. The van der Waals surface area contributed by atoms with E-state index in [0.717, 1.165) is 6.42 Å². The van der Waals surface area contributed by atoms with Gasteiger partial charge in [0.15, 0.2) is 6.61 Å². The minimum absolute atomic E-state index is 0.0187. The van der Waals surface area contributed by atoms with Gasteiger partial charge >= 0.3 is 0 Å². The highest BCUT2D eigenvalue weighted by Crippen LogP contribution is 2.32. The van der Waals surface area contributed by atoms with Crippen molar-refractivity contribution in [3.05, 3.63) is 63.2 Å². The summed E-state index contributed by atoms with van der Waals surface area (Å²) in [6.45, 7) is 3.97. The molecule has 1 N–H and O–H groups in total. The third-order valence-corrected chi connectivity index (χ3v) is 4.51. The molecular weight excluding hydrogens is 385 g/mol. The van der Waals surface area contributed by atoms with Gasteiger partial charge in [-0.1, -0.05) is 24.6 Å². The van der Waals surface area contributed by atoms with Gasteiger partial charge in [-0.05, 0) is 37.6 Å². The van der Waals surface area contributed by atoms with Crippen LogP contribution in [0, 0.1) is 12.7 Å². The fourth-order valence-corrected chi connectivity index (χ4v) is 3.12. The van der Waals surface area contributed by atoms with Gasteiger partial charge in [-0.25, -0.2) is 4.39 Å². The Hall–Kier alpha value is -2.86. The first-order valence-electron chi connectivity index (χ1n) is 8.83. The minimum Gasteiger partial charge on any atom is -0.484 e. The summed E-state index contributed by atoms with van der Waals surface area (Å²) in [6, 6.07) is 8.85. The Labute approximate surface area is 166 Å². The molecular formula is C21H19ClFNO4. The average molecular weight is 404 g/mol. The highest BCUT2D eigenvalue weighted by Gasteiger charge is 2.19. The second kappa shape index (κ2) is 8.44. The third-order valence-electron chi connectivity index (χ3n) is 4.19. The summed E-state index contributed by atoms with van der Waals surface area (Å²) in [7, 11) is 0. The van der Waals surface area contributed by atoms with Crippen molar-refractivity contribution in [1.29, 1.82) is 0 Å². The van der Waals surface area contributed by atoms with E-state index in [1.54, 1.807) is 13.0 Å². The van der Waals surface area contributed by atoms with Gasteiger partial charge in [-0.2, -0.15) is 0 Å². The molecule has 146 valence electrons. The lowest BCUT2D eigenvalue weighted by atomic mass is 10.0. The highest BCUT2D eigenvalue weighted by molar-refractivity contribution is 6.33. The summed E-state index contributed by atoms with van der Waals surface area (Å²) < 4.78 is 25.5. The molecule has 0 unspecified atom stereocenters. The molecule has 7 heteroatoms. The second-order valence-electron chi connectivity index (χ2n) is 6.26. The zero-order valence-electron chi connectivity index (χ0n) is 15.5. The predicted molar refractivity (Wildman–Crippen MR) is 106 cm³/mol. The van der Waals surface area contributed by atoms with Gasteiger partial charge in [0.1, 0.15) is 22.9 Å². The van der Waals surface area contributed by atoms with Crippen molar-refractivity contribution in [2.45, 2.75) is 20.3 Å². The fraction of sp³-hybridized carbons (Fsp3) is 0.238. The van der Waals surface area contributed by atoms with Crippen molar-refractivity contribution in [2.24, 2.45) is 0 Å². The Kier molecular flexibility index (Phi) is 5.99. The van der Waals surface area contributed by atoms with Crippen LogP contribution in [-0.2, 0) is 4.79 Å². The molecule has 0 aliphatic carbocycles. The van der Waals surface area contributed by atoms with Gasteiger partial charge in [0.05, 0.1) is 16.0 Å². The van der Waals surface area contributed by atoms with Crippen LogP contribution in [0.25, 0.3) is 22.1 Å². The van der Waals surface area contributed by atoms with Crippen LogP contribution in [-0.4, -0.2) is 19.1 Å². The van der Waals surface area contributed by atoms with E-state index in [-0.39, 0.29) is 45.4 Å². The number of rotatable bonds is 6. The van der Waals surface area contributed by atoms with Crippen LogP contribution in [0.3, 0.4) is 0 Å². The zero-order chi connectivity index (χ0) is 20.3. The Balaban J connectivity index is 1.97. The maximum absolute atomic E-state index is 14.3. The summed E-state index contributed by atoms with van der Waals surface area (Å²) >= 11 is 6.11. The monoisotopic (exact) mass is 403 g/mol. The number of hydrogen-bond donors (Lipinski definition) is 1. The molecule has 0 aliphatic rings. The first-order valence-corrected chi connectivity index (χ1v) is 9.21. The molecule has 0 radical (unpaired) electrons. The molecule has 3 rings (SSSR count). The van der Waals surface area contributed by atoms with Gasteiger partial charge < -0.3 is 14.5 Å². The number of carbonyl (C=O) groups is 1. The smallest absolute Gasteiger partial charge is 0.257 e. The quantitative estimate of drug-likeness (QED) is 0.659. The first-order chi connectivity index (χ1) is 13.4. The topological polar surface area (TPSA) is 68.5 Å². The van der Waals surface area contributed by atoms with E-state index in [9.17, 15) is 14.0 Å². The molecule has 0 saturated carbocycles. The average Bonchev–Trinajstić information content (AvgIpc) is 2.66. The minimum atomic E-state index is -0.597. The van der Waals surface area contributed by atoms with E-state index in [1.807, 2.05) is 6.92 Å². The van der Waals surface area contributed by atoms with Crippen LogP contribution in [0.2, 0.25) is 5.02 Å². The summed E-state index contributed by atoms with van der Waals surface area (Å²) in [6.07, 6.45) is 0.834. The van der Waals surface area contributed by atoms with Gasteiger partial charge in [0.2, 0.25) is 5.43 Å². The Bertz CT molecular complexity index is 1070. The van der Waals surface area contributed by atoms with Crippen molar-refractivity contribution in [2.75, 3.05) is 13.2 Å². The number of ether oxygens (including phenoxy) is 1. The van der Waals surface area contributed by atoms with Crippen LogP contribution in [0.4, 0.5) is 4.39 Å². The van der Waals surface area contributed by atoms with E-state index in [4.69, 9.17) is 20.8 Å². The number of halogens is 2. The van der Waals surface area contributed by atoms with Gasteiger partial charge in [0, 0.05) is 18.2 Å². The molecule has 1 amide bonds. The number of carbonyl (C=O) groups excluding carboxylic acids is 1. The molecule has 5 nitrogen and oxygen atoms in total. The Morgan fingerprint density at radius 2 is 2.04 bits per heavy atom. The molecule has 1 aromatic heterocycles. The molecule has 0 saturated heterocycles. The maximum atomic E-state index is 14.3. The van der Waals surface area contributed by atoms with Crippen molar-refractivity contribution >= 4 is 28.5 Å². The SMILES string of the molecule is CCCNC(=O)COc1ccc2c(=O)c(-c3c(F)cccc3Cl)c(C)oc2c1. The molecule has 0 bridgehead atoms. The van der Waals surface area contributed by atoms with Crippen molar-refractivity contribution in [3.8, 4) is 16.9 Å². The predicted octanol–water partition coefficient (Wildman–Crippen LogP) is 4.47. The summed E-state index contributed by atoms with van der Waals surface area (Å²) in [4.78, 5) is 24.6. The lowest BCUT2D eigenvalue weighted by Crippen LogP contribution is -2.29. The van der Waals surface area contributed by atoms with Gasteiger partial charge in [0.25, 0.3) is 5.91 Å². The van der Waals surface area contributed by atoms with E-state index >= 15 is 0 Å². The van der Waals surface area contributed by atoms with Crippen molar-refractivity contribution < 1.29 is 18.3 Å². The van der Waals surface area contributed by atoms with Crippen molar-refractivity contribution in [3.63, 3.8) is 0 Å². The van der Waals surface area contributed by atoms with E-state index < -0.39 is 11.2 Å². The van der Waals surface area contributed by atoms with Crippen LogP contribution < -0.4 is 15.5 Å².